The summed E-state index contributed by atoms with van der Waals surface area (Å²) in [5, 5.41) is 8.26. The predicted octanol–water partition coefficient (Wildman–Crippen LogP) is 2.90. The fourth-order valence-corrected chi connectivity index (χ4v) is 3.09. The quantitative estimate of drug-likeness (QED) is 0.889. The molecule has 18 heavy (non-hydrogen) atoms. The Morgan fingerprint density at radius 1 is 1.39 bits per heavy atom. The van der Waals surface area contributed by atoms with Crippen LogP contribution in [-0.4, -0.2) is 15.8 Å². The van der Waals surface area contributed by atoms with Crippen molar-refractivity contribution in [3.8, 4) is 0 Å². The van der Waals surface area contributed by atoms with Crippen molar-refractivity contribution < 1.29 is 0 Å². The van der Waals surface area contributed by atoms with Gasteiger partial charge in [-0.15, -0.1) is 0 Å². The first kappa shape index (κ1) is 13.6. The summed E-state index contributed by atoms with van der Waals surface area (Å²) in [5.41, 5.74) is 2.60. The highest BCUT2D eigenvalue weighted by molar-refractivity contribution is 5.16. The van der Waals surface area contributed by atoms with Crippen LogP contribution in [0.1, 0.15) is 51.3 Å². The van der Waals surface area contributed by atoms with E-state index in [0.717, 1.165) is 24.8 Å². The topological polar surface area (TPSA) is 29.9 Å². The first-order valence-electron chi connectivity index (χ1n) is 7.35. The van der Waals surface area contributed by atoms with Gasteiger partial charge in [-0.25, -0.2) is 0 Å². The molecule has 0 amide bonds. The third kappa shape index (κ3) is 3.14. The second kappa shape index (κ2) is 5.87. The number of rotatable bonds is 4. The van der Waals surface area contributed by atoms with E-state index in [2.05, 4.69) is 37.4 Å². The zero-order valence-electron chi connectivity index (χ0n) is 12.2. The smallest absolute Gasteiger partial charge is 0.0666 e. The predicted molar refractivity (Wildman–Crippen MR) is 75.4 cm³/mol. The van der Waals surface area contributed by atoms with Crippen molar-refractivity contribution in [2.45, 2.75) is 59.0 Å². The Balaban J connectivity index is 1.93. The zero-order valence-corrected chi connectivity index (χ0v) is 12.2. The minimum atomic E-state index is 0.679. The van der Waals surface area contributed by atoms with Gasteiger partial charge in [-0.3, -0.25) is 4.68 Å². The molecule has 1 saturated carbocycles. The fraction of sp³-hybridized carbons (Fsp3) is 0.800. The number of nitrogens with zero attached hydrogens (tertiary/aromatic N) is 2. The van der Waals surface area contributed by atoms with Gasteiger partial charge in [0.1, 0.15) is 0 Å². The third-order valence-electron chi connectivity index (χ3n) is 4.34. The molecule has 1 aromatic rings. The van der Waals surface area contributed by atoms with Crippen LogP contribution in [0.15, 0.2) is 6.20 Å². The second-order valence-corrected chi connectivity index (χ2v) is 6.01. The van der Waals surface area contributed by atoms with Crippen molar-refractivity contribution in [3.63, 3.8) is 0 Å². The van der Waals surface area contributed by atoms with Crippen molar-refractivity contribution >= 4 is 0 Å². The Bertz CT molecular complexity index is 383. The van der Waals surface area contributed by atoms with Crippen LogP contribution in [0.3, 0.4) is 0 Å². The molecule has 102 valence electrons. The molecule has 3 atom stereocenters. The van der Waals surface area contributed by atoms with Gasteiger partial charge in [-0.05, 0) is 31.1 Å². The summed E-state index contributed by atoms with van der Waals surface area (Å²) in [5.74, 6) is 1.68. The zero-order chi connectivity index (χ0) is 13.1. The summed E-state index contributed by atoms with van der Waals surface area (Å²) in [6.07, 6.45) is 7.26. The van der Waals surface area contributed by atoms with E-state index in [4.69, 9.17) is 0 Å². The molecule has 1 aliphatic carbocycles. The molecule has 1 N–H and O–H groups in total. The highest BCUT2D eigenvalue weighted by atomic mass is 15.3. The van der Waals surface area contributed by atoms with E-state index in [1.807, 2.05) is 11.7 Å². The maximum Gasteiger partial charge on any atom is 0.0666 e. The lowest BCUT2D eigenvalue weighted by molar-refractivity contribution is 0.227. The fourth-order valence-electron chi connectivity index (χ4n) is 3.09. The summed E-state index contributed by atoms with van der Waals surface area (Å²) in [6.45, 7) is 7.91. The van der Waals surface area contributed by atoms with Gasteiger partial charge in [0.2, 0.25) is 0 Å². The van der Waals surface area contributed by atoms with Gasteiger partial charge < -0.3 is 5.32 Å². The number of aryl methyl sites for hydroxylation is 2. The molecule has 3 unspecified atom stereocenters. The minimum Gasteiger partial charge on any atom is -0.310 e. The summed E-state index contributed by atoms with van der Waals surface area (Å²) in [6, 6.07) is 0.679. The third-order valence-corrected chi connectivity index (χ3v) is 4.34. The molecular weight excluding hydrogens is 222 g/mol. The molecule has 0 radical (unpaired) electrons. The van der Waals surface area contributed by atoms with Crippen LogP contribution in [0.25, 0.3) is 0 Å². The minimum absolute atomic E-state index is 0.679. The number of hydrogen-bond acceptors (Lipinski definition) is 2. The molecule has 1 heterocycles. The molecular formula is C15H27N3. The van der Waals surface area contributed by atoms with E-state index < -0.39 is 0 Å². The molecule has 1 fully saturated rings. The van der Waals surface area contributed by atoms with Gasteiger partial charge in [-0.2, -0.15) is 5.10 Å². The number of nitrogens with one attached hydrogen (secondary N) is 1. The van der Waals surface area contributed by atoms with Crippen LogP contribution in [0.5, 0.6) is 0 Å². The lowest BCUT2D eigenvalue weighted by atomic mass is 9.80. The SMILES string of the molecule is CCc1nn(C)cc1CNC1CC(C)CCC1C. The molecule has 0 saturated heterocycles. The first-order valence-corrected chi connectivity index (χ1v) is 7.35. The molecule has 1 aliphatic rings. The lowest BCUT2D eigenvalue weighted by Crippen LogP contribution is -2.39. The summed E-state index contributed by atoms with van der Waals surface area (Å²) in [4.78, 5) is 0. The van der Waals surface area contributed by atoms with Crippen molar-refractivity contribution in [1.82, 2.24) is 15.1 Å². The van der Waals surface area contributed by atoms with Crippen molar-refractivity contribution in [2.75, 3.05) is 0 Å². The number of aromatic nitrogens is 2. The van der Waals surface area contributed by atoms with Crippen LogP contribution < -0.4 is 5.32 Å². The highest BCUT2D eigenvalue weighted by Crippen LogP contribution is 2.28. The van der Waals surface area contributed by atoms with Crippen LogP contribution in [0.4, 0.5) is 0 Å². The summed E-state index contributed by atoms with van der Waals surface area (Å²) >= 11 is 0. The largest absolute Gasteiger partial charge is 0.310 e. The number of hydrogen-bond donors (Lipinski definition) is 1. The van der Waals surface area contributed by atoms with Crippen molar-refractivity contribution in [1.29, 1.82) is 0 Å². The molecule has 2 rings (SSSR count). The van der Waals surface area contributed by atoms with Crippen molar-refractivity contribution in [3.05, 3.63) is 17.5 Å². The Morgan fingerprint density at radius 3 is 2.89 bits per heavy atom. The summed E-state index contributed by atoms with van der Waals surface area (Å²) in [7, 11) is 2.01. The van der Waals surface area contributed by atoms with E-state index in [-0.39, 0.29) is 0 Å². The van der Waals surface area contributed by atoms with E-state index in [1.54, 1.807) is 0 Å². The second-order valence-electron chi connectivity index (χ2n) is 6.01. The van der Waals surface area contributed by atoms with Gasteiger partial charge in [0.15, 0.2) is 0 Å². The van der Waals surface area contributed by atoms with E-state index in [9.17, 15) is 0 Å². The van der Waals surface area contributed by atoms with Crippen molar-refractivity contribution in [2.24, 2.45) is 18.9 Å². The molecule has 0 bridgehead atoms. The Kier molecular flexibility index (Phi) is 4.44. The molecule has 3 nitrogen and oxygen atoms in total. The average molecular weight is 249 g/mol. The van der Waals surface area contributed by atoms with Gasteiger partial charge in [0.05, 0.1) is 5.69 Å². The Labute approximate surface area is 111 Å². The van der Waals surface area contributed by atoms with Gasteiger partial charge in [-0.1, -0.05) is 27.2 Å². The Hall–Kier alpha value is -0.830. The molecule has 0 spiro atoms. The summed E-state index contributed by atoms with van der Waals surface area (Å²) < 4.78 is 1.93. The van der Waals surface area contributed by atoms with Crippen LogP contribution in [0, 0.1) is 11.8 Å². The van der Waals surface area contributed by atoms with Gasteiger partial charge in [0, 0.05) is 31.4 Å². The monoisotopic (exact) mass is 249 g/mol. The molecule has 3 heteroatoms. The van der Waals surface area contributed by atoms with Gasteiger partial charge >= 0.3 is 0 Å². The standard InChI is InChI=1S/C15H27N3/c1-5-14-13(10-18(4)17-14)9-16-15-8-11(2)6-7-12(15)3/h10-12,15-16H,5-9H2,1-4H3. The Morgan fingerprint density at radius 2 is 2.17 bits per heavy atom. The first-order chi connectivity index (χ1) is 8.60. The average Bonchev–Trinajstić information content (AvgIpc) is 2.71. The van der Waals surface area contributed by atoms with Gasteiger partial charge in [0.25, 0.3) is 0 Å². The van der Waals surface area contributed by atoms with Crippen LogP contribution in [-0.2, 0) is 20.0 Å². The maximum absolute atomic E-state index is 4.50. The van der Waals surface area contributed by atoms with E-state index in [1.165, 1.54) is 30.5 Å². The molecule has 0 aromatic carbocycles. The van der Waals surface area contributed by atoms with E-state index in [0.29, 0.717) is 6.04 Å². The van der Waals surface area contributed by atoms with Crippen LogP contribution >= 0.6 is 0 Å². The maximum atomic E-state index is 4.50. The van der Waals surface area contributed by atoms with E-state index >= 15 is 0 Å². The normalized spacial score (nSPS) is 28.6. The highest BCUT2D eigenvalue weighted by Gasteiger charge is 2.25. The van der Waals surface area contributed by atoms with Crippen LogP contribution in [0.2, 0.25) is 0 Å². The lowest BCUT2D eigenvalue weighted by Gasteiger charge is -2.33. The molecule has 1 aromatic heterocycles. The molecule has 0 aliphatic heterocycles.